The molecule has 0 heterocycles. The molecule has 0 radical (unpaired) electrons. The Bertz CT molecular complexity index is 413. The minimum Gasteiger partial charge on any atom is -0.496 e. The third-order valence-corrected chi connectivity index (χ3v) is 2.80. The Hall–Kier alpha value is -1.14. The van der Waals surface area contributed by atoms with Crippen LogP contribution >= 0.6 is 12.4 Å². The SMILES string of the molecule is COc1cc(C)cc(OC)c1[C@H](N)CCC(F)(F)F.Cl. The van der Waals surface area contributed by atoms with Crippen LogP contribution in [0.4, 0.5) is 13.2 Å². The van der Waals surface area contributed by atoms with Gasteiger partial charge in [0.1, 0.15) is 11.5 Å². The van der Waals surface area contributed by atoms with E-state index in [2.05, 4.69) is 0 Å². The number of methoxy groups -OCH3 is 2. The zero-order valence-corrected chi connectivity index (χ0v) is 12.4. The second kappa shape index (κ2) is 7.59. The van der Waals surface area contributed by atoms with Crippen molar-refractivity contribution in [1.29, 1.82) is 0 Å². The maximum atomic E-state index is 12.2. The average molecular weight is 314 g/mol. The zero-order chi connectivity index (χ0) is 14.6. The highest BCUT2D eigenvalue weighted by Crippen LogP contribution is 2.37. The number of ether oxygens (including phenoxy) is 2. The summed E-state index contributed by atoms with van der Waals surface area (Å²) in [5.41, 5.74) is 7.21. The first-order valence-corrected chi connectivity index (χ1v) is 5.83. The molecule has 0 saturated heterocycles. The second-order valence-electron chi connectivity index (χ2n) is 4.34. The molecule has 0 bridgehead atoms. The van der Waals surface area contributed by atoms with E-state index in [0.717, 1.165) is 5.56 Å². The summed E-state index contributed by atoms with van der Waals surface area (Å²) in [6.07, 6.45) is -5.36. The van der Waals surface area contributed by atoms with Crippen LogP contribution in [0.15, 0.2) is 12.1 Å². The fraction of sp³-hybridized carbons (Fsp3) is 0.538. The standard InChI is InChI=1S/C13H18F3NO2.ClH/c1-8-6-10(18-2)12(11(7-8)19-3)9(17)4-5-13(14,15)16;/h6-7,9H,4-5,17H2,1-3H3;1H/t9-;/m1./s1. The van der Waals surface area contributed by atoms with Crippen LogP contribution in [0.3, 0.4) is 0 Å². The van der Waals surface area contributed by atoms with Gasteiger partial charge in [-0.1, -0.05) is 0 Å². The third-order valence-electron chi connectivity index (χ3n) is 2.80. The number of nitrogens with two attached hydrogens (primary N) is 1. The van der Waals surface area contributed by atoms with Crippen LogP contribution < -0.4 is 15.2 Å². The topological polar surface area (TPSA) is 44.5 Å². The highest BCUT2D eigenvalue weighted by atomic mass is 35.5. The number of aryl methyl sites for hydroxylation is 1. The van der Waals surface area contributed by atoms with Gasteiger partial charge >= 0.3 is 6.18 Å². The molecule has 3 nitrogen and oxygen atoms in total. The molecule has 116 valence electrons. The minimum atomic E-state index is -4.22. The molecule has 7 heteroatoms. The molecule has 0 saturated carbocycles. The Morgan fingerprint density at radius 1 is 1.15 bits per heavy atom. The molecule has 0 fully saturated rings. The van der Waals surface area contributed by atoms with Gasteiger partial charge in [-0.15, -0.1) is 12.4 Å². The maximum absolute atomic E-state index is 12.2. The molecule has 0 unspecified atom stereocenters. The average Bonchev–Trinajstić information content (AvgIpc) is 2.33. The fourth-order valence-corrected chi connectivity index (χ4v) is 1.90. The van der Waals surface area contributed by atoms with E-state index in [-0.39, 0.29) is 18.8 Å². The molecule has 0 aliphatic carbocycles. The molecular weight excluding hydrogens is 295 g/mol. The Morgan fingerprint density at radius 2 is 1.60 bits per heavy atom. The van der Waals surface area contributed by atoms with Crippen LogP contribution in [-0.2, 0) is 0 Å². The van der Waals surface area contributed by atoms with Crippen LogP contribution in [0.1, 0.15) is 30.0 Å². The molecule has 1 atom stereocenters. The molecule has 20 heavy (non-hydrogen) atoms. The molecule has 0 aliphatic rings. The van der Waals surface area contributed by atoms with Gasteiger partial charge in [0, 0.05) is 12.5 Å². The van der Waals surface area contributed by atoms with Crippen LogP contribution in [0, 0.1) is 6.92 Å². The first-order chi connectivity index (χ1) is 8.78. The molecule has 2 N–H and O–H groups in total. The van der Waals surface area contributed by atoms with Crippen molar-refractivity contribution in [1.82, 2.24) is 0 Å². The monoisotopic (exact) mass is 313 g/mol. The van der Waals surface area contributed by atoms with Crippen LogP contribution in [0.25, 0.3) is 0 Å². The van der Waals surface area contributed by atoms with Crippen molar-refractivity contribution in [3.8, 4) is 11.5 Å². The van der Waals surface area contributed by atoms with Gasteiger partial charge in [-0.3, -0.25) is 0 Å². The van der Waals surface area contributed by atoms with E-state index in [4.69, 9.17) is 15.2 Å². The van der Waals surface area contributed by atoms with Gasteiger partial charge < -0.3 is 15.2 Å². The van der Waals surface area contributed by atoms with Gasteiger partial charge in [0.05, 0.1) is 19.8 Å². The molecule has 1 aromatic carbocycles. The van der Waals surface area contributed by atoms with E-state index in [9.17, 15) is 13.2 Å². The van der Waals surface area contributed by atoms with Gasteiger partial charge in [0.2, 0.25) is 0 Å². The van der Waals surface area contributed by atoms with Gasteiger partial charge in [0.25, 0.3) is 0 Å². The first-order valence-electron chi connectivity index (χ1n) is 5.83. The highest BCUT2D eigenvalue weighted by Gasteiger charge is 2.29. The van der Waals surface area contributed by atoms with E-state index in [0.29, 0.717) is 17.1 Å². The Balaban J connectivity index is 0.00000361. The zero-order valence-electron chi connectivity index (χ0n) is 11.6. The summed E-state index contributed by atoms with van der Waals surface area (Å²) in [5.74, 6) is 0.901. The van der Waals surface area contributed by atoms with E-state index >= 15 is 0 Å². The summed E-state index contributed by atoms with van der Waals surface area (Å²) in [7, 11) is 2.91. The predicted octanol–water partition coefficient (Wildman–Crippen LogP) is 3.78. The van der Waals surface area contributed by atoms with E-state index in [1.165, 1.54) is 14.2 Å². The molecule has 0 aliphatic heterocycles. The fourth-order valence-electron chi connectivity index (χ4n) is 1.90. The molecule has 0 amide bonds. The third kappa shape index (κ3) is 5.09. The lowest BCUT2D eigenvalue weighted by atomic mass is 9.99. The first kappa shape index (κ1) is 18.9. The minimum absolute atomic E-state index is 0. The molecule has 1 aromatic rings. The summed E-state index contributed by atoms with van der Waals surface area (Å²) in [5, 5.41) is 0. The van der Waals surface area contributed by atoms with Crippen molar-refractivity contribution in [2.45, 2.75) is 32.0 Å². The highest BCUT2D eigenvalue weighted by molar-refractivity contribution is 5.85. The predicted molar refractivity (Wildman–Crippen MR) is 73.7 cm³/mol. The summed E-state index contributed by atoms with van der Waals surface area (Å²) >= 11 is 0. The largest absolute Gasteiger partial charge is 0.496 e. The summed E-state index contributed by atoms with van der Waals surface area (Å²) in [6, 6.07) is 2.67. The Morgan fingerprint density at radius 3 is 1.95 bits per heavy atom. The number of halogens is 4. The second-order valence-corrected chi connectivity index (χ2v) is 4.34. The lowest BCUT2D eigenvalue weighted by Gasteiger charge is -2.20. The molecule has 0 spiro atoms. The quantitative estimate of drug-likeness (QED) is 0.900. The van der Waals surface area contributed by atoms with E-state index in [1.54, 1.807) is 12.1 Å². The summed E-state index contributed by atoms with van der Waals surface area (Å²) < 4.78 is 47.1. The van der Waals surface area contributed by atoms with Crippen LogP contribution in [0.5, 0.6) is 11.5 Å². The van der Waals surface area contributed by atoms with Crippen molar-refractivity contribution in [3.05, 3.63) is 23.3 Å². The number of alkyl halides is 3. The Kier molecular flexibility index (Phi) is 7.16. The number of hydrogen-bond acceptors (Lipinski definition) is 3. The smallest absolute Gasteiger partial charge is 0.389 e. The Labute approximate surface area is 122 Å². The normalized spacial score (nSPS) is 12.6. The summed E-state index contributed by atoms with van der Waals surface area (Å²) in [4.78, 5) is 0. The van der Waals surface area contributed by atoms with Gasteiger partial charge in [-0.25, -0.2) is 0 Å². The summed E-state index contributed by atoms with van der Waals surface area (Å²) in [6.45, 7) is 1.84. The van der Waals surface area contributed by atoms with Crippen molar-refractivity contribution in [2.24, 2.45) is 5.73 Å². The van der Waals surface area contributed by atoms with Crippen molar-refractivity contribution in [3.63, 3.8) is 0 Å². The molecular formula is C13H19ClF3NO2. The van der Waals surface area contributed by atoms with Crippen molar-refractivity contribution < 1.29 is 22.6 Å². The van der Waals surface area contributed by atoms with Gasteiger partial charge in [-0.05, 0) is 31.0 Å². The number of rotatable bonds is 5. The van der Waals surface area contributed by atoms with Gasteiger partial charge in [-0.2, -0.15) is 13.2 Å². The molecule has 0 aromatic heterocycles. The van der Waals surface area contributed by atoms with Gasteiger partial charge in [0.15, 0.2) is 0 Å². The maximum Gasteiger partial charge on any atom is 0.389 e. The van der Waals surface area contributed by atoms with Crippen molar-refractivity contribution >= 4 is 12.4 Å². The van der Waals surface area contributed by atoms with Crippen LogP contribution in [0.2, 0.25) is 0 Å². The molecule has 1 rings (SSSR count). The van der Waals surface area contributed by atoms with E-state index < -0.39 is 18.6 Å². The lowest BCUT2D eigenvalue weighted by molar-refractivity contribution is -0.136. The lowest BCUT2D eigenvalue weighted by Crippen LogP contribution is -2.17. The van der Waals surface area contributed by atoms with Crippen molar-refractivity contribution in [2.75, 3.05) is 14.2 Å². The number of hydrogen-bond donors (Lipinski definition) is 1. The number of benzene rings is 1. The van der Waals surface area contributed by atoms with Crippen LogP contribution in [-0.4, -0.2) is 20.4 Å². The van der Waals surface area contributed by atoms with E-state index in [1.807, 2.05) is 6.92 Å².